The van der Waals surface area contributed by atoms with Crippen LogP contribution in [0.25, 0.3) is 0 Å². The summed E-state index contributed by atoms with van der Waals surface area (Å²) in [4.78, 5) is 14.8. The van der Waals surface area contributed by atoms with Gasteiger partial charge in [0, 0.05) is 38.7 Å². The van der Waals surface area contributed by atoms with E-state index >= 15 is 0 Å². The molecule has 2 saturated heterocycles. The van der Waals surface area contributed by atoms with E-state index in [4.69, 9.17) is 22.7 Å². The number of nitrogens with zero attached hydrogens (tertiary/aromatic N) is 1. The van der Waals surface area contributed by atoms with E-state index < -0.39 is 0 Å². The van der Waals surface area contributed by atoms with Crippen molar-refractivity contribution in [1.82, 2.24) is 10.2 Å². The lowest BCUT2D eigenvalue weighted by atomic mass is 10.0. The van der Waals surface area contributed by atoms with Crippen LogP contribution < -0.4 is 11.1 Å². The highest BCUT2D eigenvalue weighted by Gasteiger charge is 2.21. The fourth-order valence-electron chi connectivity index (χ4n) is 3.08. The van der Waals surface area contributed by atoms with Crippen molar-refractivity contribution in [3.8, 4) is 0 Å². The van der Waals surface area contributed by atoms with Crippen LogP contribution in [-0.4, -0.2) is 54.2 Å². The zero-order valence-corrected chi connectivity index (χ0v) is 13.5. The third kappa shape index (κ3) is 6.28. The molecule has 2 aliphatic rings. The summed E-state index contributed by atoms with van der Waals surface area (Å²) in [6.07, 6.45) is 7.18. The maximum absolute atomic E-state index is 12.0. The molecule has 1 amide bonds. The van der Waals surface area contributed by atoms with E-state index in [1.807, 2.05) is 0 Å². The standard InChI is InChI=1S/C15H27N3O2S/c16-14(21)11-18-8-6-12(7-9-18)17-15(19)5-4-13-3-1-2-10-20-13/h12-13H,1-11H2,(H2,16,21)(H,17,19). The van der Waals surface area contributed by atoms with Gasteiger partial charge in [-0.2, -0.15) is 0 Å². The number of likely N-dealkylation sites (tertiary alicyclic amines) is 1. The van der Waals surface area contributed by atoms with Crippen LogP contribution in [0.15, 0.2) is 0 Å². The number of nitrogens with one attached hydrogen (secondary N) is 1. The minimum atomic E-state index is 0.164. The zero-order valence-electron chi connectivity index (χ0n) is 12.7. The Hall–Kier alpha value is -0.720. The second-order valence-electron chi connectivity index (χ2n) is 6.11. The molecular formula is C15H27N3O2S. The van der Waals surface area contributed by atoms with Crippen LogP contribution in [0.1, 0.15) is 44.9 Å². The van der Waals surface area contributed by atoms with E-state index in [9.17, 15) is 4.79 Å². The SMILES string of the molecule is NC(=S)CN1CCC(NC(=O)CCC2CCCCO2)CC1. The number of carbonyl (C=O) groups excluding carboxylic acids is 1. The highest BCUT2D eigenvalue weighted by molar-refractivity contribution is 7.80. The molecule has 0 radical (unpaired) electrons. The van der Waals surface area contributed by atoms with Crippen LogP contribution in [0.5, 0.6) is 0 Å². The summed E-state index contributed by atoms with van der Waals surface area (Å²) in [5.41, 5.74) is 5.56. The molecule has 2 heterocycles. The van der Waals surface area contributed by atoms with Crippen LogP contribution in [0.3, 0.4) is 0 Å². The van der Waals surface area contributed by atoms with Gasteiger partial charge in [0.2, 0.25) is 5.91 Å². The molecule has 0 saturated carbocycles. The predicted octanol–water partition coefficient (Wildman–Crippen LogP) is 1.20. The third-order valence-corrected chi connectivity index (χ3v) is 4.43. The lowest BCUT2D eigenvalue weighted by Gasteiger charge is -2.32. The molecule has 21 heavy (non-hydrogen) atoms. The van der Waals surface area contributed by atoms with E-state index in [1.54, 1.807) is 0 Å². The van der Waals surface area contributed by atoms with Crippen molar-refractivity contribution in [3.63, 3.8) is 0 Å². The predicted molar refractivity (Wildman–Crippen MR) is 87.2 cm³/mol. The van der Waals surface area contributed by atoms with E-state index in [2.05, 4.69) is 10.2 Å². The minimum absolute atomic E-state index is 0.164. The van der Waals surface area contributed by atoms with Crippen molar-refractivity contribution in [3.05, 3.63) is 0 Å². The van der Waals surface area contributed by atoms with Crippen molar-refractivity contribution in [1.29, 1.82) is 0 Å². The van der Waals surface area contributed by atoms with Crippen molar-refractivity contribution >= 4 is 23.1 Å². The highest BCUT2D eigenvalue weighted by atomic mass is 32.1. The first-order valence-corrected chi connectivity index (χ1v) is 8.46. The molecule has 3 N–H and O–H groups in total. The van der Waals surface area contributed by atoms with Gasteiger partial charge in [-0.25, -0.2) is 0 Å². The molecule has 1 atom stereocenters. The average molecular weight is 313 g/mol. The topological polar surface area (TPSA) is 67.6 Å². The first kappa shape index (κ1) is 16.6. The Morgan fingerprint density at radius 2 is 2.05 bits per heavy atom. The van der Waals surface area contributed by atoms with E-state index in [0.717, 1.165) is 51.8 Å². The summed E-state index contributed by atoms with van der Waals surface area (Å²) < 4.78 is 5.66. The molecule has 2 fully saturated rings. The van der Waals surface area contributed by atoms with Crippen molar-refractivity contribution in [2.75, 3.05) is 26.2 Å². The summed E-state index contributed by atoms with van der Waals surface area (Å²) >= 11 is 4.93. The lowest BCUT2D eigenvalue weighted by molar-refractivity contribution is -0.123. The number of nitrogens with two attached hydrogens (primary N) is 1. The fourth-order valence-corrected chi connectivity index (χ4v) is 3.27. The summed E-state index contributed by atoms with van der Waals surface area (Å²) in [6, 6.07) is 0.298. The number of hydrogen-bond donors (Lipinski definition) is 2. The number of carbonyl (C=O) groups is 1. The first-order chi connectivity index (χ1) is 10.1. The van der Waals surface area contributed by atoms with Crippen LogP contribution in [0.4, 0.5) is 0 Å². The molecule has 5 nitrogen and oxygen atoms in total. The smallest absolute Gasteiger partial charge is 0.220 e. The number of ether oxygens (including phenoxy) is 1. The molecule has 0 bridgehead atoms. The van der Waals surface area contributed by atoms with Gasteiger partial charge < -0.3 is 15.8 Å². The van der Waals surface area contributed by atoms with Gasteiger partial charge in [0.1, 0.15) is 0 Å². The zero-order chi connectivity index (χ0) is 15.1. The first-order valence-electron chi connectivity index (χ1n) is 8.05. The normalized spacial score (nSPS) is 24.7. The number of thiocarbonyl (C=S) groups is 1. The Labute approximate surface area is 132 Å². The van der Waals surface area contributed by atoms with Gasteiger partial charge in [0.05, 0.1) is 11.1 Å². The minimum Gasteiger partial charge on any atom is -0.392 e. The van der Waals surface area contributed by atoms with E-state index in [-0.39, 0.29) is 12.0 Å². The summed E-state index contributed by atoms with van der Waals surface area (Å²) in [5, 5.41) is 3.15. The number of rotatable bonds is 6. The molecule has 0 aliphatic carbocycles. The molecule has 0 aromatic heterocycles. The fraction of sp³-hybridized carbons (Fsp3) is 0.867. The number of amides is 1. The monoisotopic (exact) mass is 313 g/mol. The molecule has 2 rings (SSSR count). The second-order valence-corrected chi connectivity index (χ2v) is 6.64. The van der Waals surface area contributed by atoms with Crippen LogP contribution in [-0.2, 0) is 9.53 Å². The van der Waals surface area contributed by atoms with E-state index in [1.165, 1.54) is 6.42 Å². The number of piperidine rings is 1. The van der Waals surface area contributed by atoms with Crippen molar-refractivity contribution in [2.24, 2.45) is 5.73 Å². The lowest BCUT2D eigenvalue weighted by Crippen LogP contribution is -2.46. The second kappa shape index (κ2) is 8.66. The Morgan fingerprint density at radius 1 is 1.29 bits per heavy atom. The molecule has 0 aromatic carbocycles. The Morgan fingerprint density at radius 3 is 2.67 bits per heavy atom. The summed E-state index contributed by atoms with van der Waals surface area (Å²) in [6.45, 7) is 3.45. The van der Waals surface area contributed by atoms with Gasteiger partial charge >= 0.3 is 0 Å². The van der Waals surface area contributed by atoms with Gasteiger partial charge in [-0.05, 0) is 38.5 Å². The highest BCUT2D eigenvalue weighted by Crippen LogP contribution is 2.17. The average Bonchev–Trinajstić information content (AvgIpc) is 2.48. The van der Waals surface area contributed by atoms with Gasteiger partial charge in [-0.1, -0.05) is 12.2 Å². The van der Waals surface area contributed by atoms with Crippen molar-refractivity contribution in [2.45, 2.75) is 57.1 Å². The Balaban J connectivity index is 1.59. The molecule has 1 unspecified atom stereocenters. The van der Waals surface area contributed by atoms with Gasteiger partial charge in [-0.3, -0.25) is 9.69 Å². The Bertz CT molecular complexity index is 351. The third-order valence-electron chi connectivity index (χ3n) is 4.30. The van der Waals surface area contributed by atoms with Crippen LogP contribution in [0.2, 0.25) is 0 Å². The van der Waals surface area contributed by atoms with Crippen molar-refractivity contribution < 1.29 is 9.53 Å². The largest absolute Gasteiger partial charge is 0.392 e. The molecule has 120 valence electrons. The van der Waals surface area contributed by atoms with Crippen LogP contribution in [0, 0.1) is 0 Å². The maximum atomic E-state index is 12.0. The van der Waals surface area contributed by atoms with Gasteiger partial charge in [0.15, 0.2) is 0 Å². The molecular weight excluding hydrogens is 286 g/mol. The number of hydrogen-bond acceptors (Lipinski definition) is 4. The summed E-state index contributed by atoms with van der Waals surface area (Å²) in [5.74, 6) is 0.164. The van der Waals surface area contributed by atoms with Crippen LogP contribution >= 0.6 is 12.2 Å². The Kier molecular flexibility index (Phi) is 6.86. The summed E-state index contributed by atoms with van der Waals surface area (Å²) in [7, 11) is 0. The quantitative estimate of drug-likeness (QED) is 0.721. The van der Waals surface area contributed by atoms with Gasteiger partial charge in [-0.15, -0.1) is 0 Å². The van der Waals surface area contributed by atoms with E-state index in [0.29, 0.717) is 24.0 Å². The molecule has 0 spiro atoms. The van der Waals surface area contributed by atoms with Gasteiger partial charge in [0.25, 0.3) is 0 Å². The molecule has 0 aromatic rings. The maximum Gasteiger partial charge on any atom is 0.220 e. The molecule has 2 aliphatic heterocycles. The molecule has 6 heteroatoms.